The van der Waals surface area contributed by atoms with Crippen LogP contribution in [0, 0.1) is 23.7 Å². The highest BCUT2D eigenvalue weighted by atomic mass is 19.4. The lowest BCUT2D eigenvalue weighted by atomic mass is 9.72. The Labute approximate surface area is 191 Å². The molecule has 4 rings (SSSR count). The van der Waals surface area contributed by atoms with Crippen LogP contribution in [0.2, 0.25) is 0 Å². The van der Waals surface area contributed by atoms with Crippen LogP contribution in [0.25, 0.3) is 0 Å². The van der Waals surface area contributed by atoms with Crippen molar-refractivity contribution in [3.63, 3.8) is 0 Å². The molecule has 0 fully saturated rings. The van der Waals surface area contributed by atoms with E-state index in [1.165, 1.54) is 12.7 Å². The van der Waals surface area contributed by atoms with Gasteiger partial charge in [0.2, 0.25) is 0 Å². The Morgan fingerprint density at radius 2 is 1.91 bits per heavy atom. The number of aliphatic hydroxyl groups excluding tert-OH is 1. The van der Waals surface area contributed by atoms with Crippen LogP contribution in [0.4, 0.5) is 13.2 Å². The number of hydrogen-bond acceptors (Lipinski definition) is 5. The van der Waals surface area contributed by atoms with Crippen molar-refractivity contribution in [2.45, 2.75) is 37.8 Å². The molecule has 0 radical (unpaired) electrons. The summed E-state index contributed by atoms with van der Waals surface area (Å²) in [5, 5.41) is 14.5. The summed E-state index contributed by atoms with van der Waals surface area (Å²) in [6, 6.07) is -0.751. The van der Waals surface area contributed by atoms with E-state index in [1.54, 1.807) is 42.5 Å². The zero-order valence-corrected chi connectivity index (χ0v) is 18.6. The lowest BCUT2D eigenvalue weighted by molar-refractivity contribution is -0.0650. The molecule has 0 amide bonds. The molecule has 7 atom stereocenters. The average Bonchev–Trinajstić information content (AvgIpc) is 3.24. The van der Waals surface area contributed by atoms with Gasteiger partial charge in [-0.05, 0) is 25.5 Å². The highest BCUT2D eigenvalue weighted by Gasteiger charge is 2.53. The largest absolute Gasteiger partial charge is 0.493 e. The van der Waals surface area contributed by atoms with E-state index in [1.807, 2.05) is 6.92 Å². The molecule has 2 N–H and O–H groups in total. The maximum absolute atomic E-state index is 13.8. The Hall–Kier alpha value is -2.58. The summed E-state index contributed by atoms with van der Waals surface area (Å²) in [6.07, 6.45) is 13.0. The van der Waals surface area contributed by atoms with Crippen molar-refractivity contribution >= 4 is 5.71 Å². The molecule has 33 heavy (non-hydrogen) atoms. The van der Waals surface area contributed by atoms with E-state index < -0.39 is 47.9 Å². The maximum Gasteiger partial charge on any atom is 0.431 e. The highest BCUT2D eigenvalue weighted by molar-refractivity contribution is 5.94. The van der Waals surface area contributed by atoms with Crippen LogP contribution in [-0.2, 0) is 9.47 Å². The molecule has 3 aliphatic carbocycles. The second kappa shape index (κ2) is 9.73. The van der Waals surface area contributed by atoms with E-state index in [4.69, 9.17) is 9.47 Å². The van der Waals surface area contributed by atoms with Gasteiger partial charge in [-0.25, -0.2) is 0 Å². The van der Waals surface area contributed by atoms with Crippen LogP contribution >= 0.6 is 0 Å². The Morgan fingerprint density at radius 3 is 2.58 bits per heavy atom. The van der Waals surface area contributed by atoms with Crippen LogP contribution in [-0.4, -0.2) is 49.0 Å². The van der Waals surface area contributed by atoms with Crippen molar-refractivity contribution in [1.29, 1.82) is 0 Å². The summed E-state index contributed by atoms with van der Waals surface area (Å²) >= 11 is 0. The minimum absolute atomic E-state index is 0.249. The fraction of sp³-hybridized carbons (Fsp3) is 0.480. The van der Waals surface area contributed by atoms with Crippen molar-refractivity contribution in [2.24, 2.45) is 28.8 Å². The summed E-state index contributed by atoms with van der Waals surface area (Å²) in [5.41, 5.74) is 3.01. The lowest BCUT2D eigenvalue weighted by Crippen LogP contribution is -2.49. The summed E-state index contributed by atoms with van der Waals surface area (Å²) < 4.78 is 52.8. The zero-order chi connectivity index (χ0) is 23.6. The van der Waals surface area contributed by atoms with E-state index >= 15 is 0 Å². The van der Waals surface area contributed by atoms with E-state index in [9.17, 15) is 18.3 Å². The molecule has 0 saturated heterocycles. The molecule has 1 aliphatic heterocycles. The molecule has 0 aromatic carbocycles. The predicted molar refractivity (Wildman–Crippen MR) is 120 cm³/mol. The second-order valence-electron chi connectivity index (χ2n) is 8.83. The summed E-state index contributed by atoms with van der Waals surface area (Å²) in [7, 11) is 1.48. The Balaban J connectivity index is 1.47. The number of hydrogen-bond donors (Lipinski definition) is 2. The normalized spacial score (nSPS) is 35.7. The second-order valence-corrected chi connectivity index (χ2v) is 8.83. The van der Waals surface area contributed by atoms with Gasteiger partial charge in [-0.1, -0.05) is 54.2 Å². The first-order valence-electron chi connectivity index (χ1n) is 11.1. The number of halogens is 3. The molecule has 4 aliphatic rings. The van der Waals surface area contributed by atoms with Gasteiger partial charge in [0.25, 0.3) is 0 Å². The van der Waals surface area contributed by atoms with Crippen LogP contribution in [0.5, 0.6) is 0 Å². The van der Waals surface area contributed by atoms with E-state index in [-0.39, 0.29) is 5.92 Å². The number of hydrazone groups is 1. The number of methoxy groups -OCH3 is 1. The standard InChI is InChI=1S/C25H29F3N2O3/c1-15-7-9-16(10-8-15)14-33-17-11-12-18(20(31)13-17)23-22(24(30-29-23)25(26,27)28)19-5-3-4-6-21(19)32-2/h3-9,11-13,16,18-23,29,31H,10,14H2,1-2H3. The number of allylic oxidation sites excluding steroid dienone is 6. The quantitative estimate of drug-likeness (QED) is 0.621. The molecule has 0 aromatic rings. The van der Waals surface area contributed by atoms with Gasteiger partial charge < -0.3 is 20.0 Å². The van der Waals surface area contributed by atoms with Gasteiger partial charge in [-0.2, -0.15) is 18.3 Å². The molecule has 5 nitrogen and oxygen atoms in total. The number of alkyl halides is 3. The van der Waals surface area contributed by atoms with Crippen LogP contribution in [0.15, 0.2) is 77.2 Å². The SMILES string of the molecule is COC1C=CC=CC1C1C(C(F)(F)F)=NNC1C1C=CC(OCC2C=CC(C)=CC2)=CC1O. The average molecular weight is 463 g/mol. The molecule has 0 saturated carbocycles. The van der Waals surface area contributed by atoms with Crippen LogP contribution in [0.3, 0.4) is 0 Å². The van der Waals surface area contributed by atoms with Gasteiger partial charge >= 0.3 is 6.18 Å². The summed E-state index contributed by atoms with van der Waals surface area (Å²) in [6.45, 7) is 2.51. The molecule has 7 unspecified atom stereocenters. The summed E-state index contributed by atoms with van der Waals surface area (Å²) in [4.78, 5) is 0. The van der Waals surface area contributed by atoms with Gasteiger partial charge in [0, 0.05) is 30.8 Å². The fourth-order valence-corrected chi connectivity index (χ4v) is 4.81. The fourth-order valence-electron chi connectivity index (χ4n) is 4.81. The van der Waals surface area contributed by atoms with E-state index in [2.05, 4.69) is 28.8 Å². The molecule has 8 heteroatoms. The van der Waals surface area contributed by atoms with Crippen molar-refractivity contribution in [2.75, 3.05) is 13.7 Å². The van der Waals surface area contributed by atoms with Crippen molar-refractivity contribution < 1.29 is 27.8 Å². The monoisotopic (exact) mass is 462 g/mol. The minimum atomic E-state index is -4.59. The number of nitrogens with zero attached hydrogens (tertiary/aromatic N) is 1. The first-order valence-corrected chi connectivity index (χ1v) is 11.1. The number of aliphatic hydroxyl groups is 1. The molecule has 178 valence electrons. The Morgan fingerprint density at radius 1 is 1.12 bits per heavy atom. The number of nitrogens with one attached hydrogen (secondary N) is 1. The topological polar surface area (TPSA) is 63.1 Å². The van der Waals surface area contributed by atoms with Crippen molar-refractivity contribution in [3.05, 3.63) is 72.1 Å². The first-order chi connectivity index (χ1) is 15.8. The number of rotatable bonds is 6. The molecule has 0 spiro atoms. The molecular formula is C25H29F3N2O3. The molecule has 1 heterocycles. The van der Waals surface area contributed by atoms with Gasteiger partial charge in [0.15, 0.2) is 0 Å². The summed E-state index contributed by atoms with van der Waals surface area (Å²) in [5.74, 6) is -1.43. The first kappa shape index (κ1) is 23.6. The number of ether oxygens (including phenoxy) is 2. The van der Waals surface area contributed by atoms with Crippen LogP contribution in [0.1, 0.15) is 13.3 Å². The van der Waals surface area contributed by atoms with Crippen molar-refractivity contribution in [1.82, 2.24) is 5.43 Å². The third-order valence-corrected chi connectivity index (χ3v) is 6.60. The molecular weight excluding hydrogens is 433 g/mol. The smallest absolute Gasteiger partial charge is 0.431 e. The third kappa shape index (κ3) is 5.17. The van der Waals surface area contributed by atoms with Crippen LogP contribution < -0.4 is 5.43 Å². The van der Waals surface area contributed by atoms with E-state index in [0.29, 0.717) is 12.4 Å². The maximum atomic E-state index is 13.8. The van der Waals surface area contributed by atoms with Gasteiger partial charge in [-0.15, -0.1) is 0 Å². The van der Waals surface area contributed by atoms with Gasteiger partial charge in [-0.3, -0.25) is 0 Å². The highest BCUT2D eigenvalue weighted by Crippen LogP contribution is 2.40. The lowest BCUT2D eigenvalue weighted by Gasteiger charge is -2.37. The Bertz CT molecular complexity index is 945. The predicted octanol–water partition coefficient (Wildman–Crippen LogP) is 4.22. The third-order valence-electron chi connectivity index (χ3n) is 6.60. The van der Waals surface area contributed by atoms with Gasteiger partial charge in [0.1, 0.15) is 11.5 Å². The van der Waals surface area contributed by atoms with Gasteiger partial charge in [0.05, 0.1) is 24.9 Å². The van der Waals surface area contributed by atoms with E-state index in [0.717, 1.165) is 6.42 Å². The van der Waals surface area contributed by atoms with Crippen molar-refractivity contribution in [3.8, 4) is 0 Å². The molecule has 0 bridgehead atoms. The Kier molecular flexibility index (Phi) is 6.95. The minimum Gasteiger partial charge on any atom is -0.493 e. The molecule has 0 aromatic heterocycles. The zero-order valence-electron chi connectivity index (χ0n) is 18.6.